The first-order valence-corrected chi connectivity index (χ1v) is 5.79. The highest BCUT2D eigenvalue weighted by atomic mass is 16.4. The van der Waals surface area contributed by atoms with Crippen LogP contribution < -0.4 is 10.9 Å². The third-order valence-corrected chi connectivity index (χ3v) is 2.78. The van der Waals surface area contributed by atoms with Gasteiger partial charge in [-0.3, -0.25) is 9.59 Å². The summed E-state index contributed by atoms with van der Waals surface area (Å²) in [5, 5.41) is 20.7. The molecule has 1 amide bonds. The quantitative estimate of drug-likeness (QED) is 0.611. The number of pyridine rings is 1. The number of hydrogen-bond donors (Lipinski definition) is 4. The summed E-state index contributed by atoms with van der Waals surface area (Å²) < 4.78 is 0. The van der Waals surface area contributed by atoms with Gasteiger partial charge in [0.25, 0.3) is 11.5 Å². The van der Waals surface area contributed by atoms with Crippen molar-refractivity contribution in [3.8, 4) is 0 Å². The Labute approximate surface area is 112 Å². The van der Waals surface area contributed by atoms with Crippen LogP contribution in [0.1, 0.15) is 10.5 Å². The lowest BCUT2D eigenvalue weighted by molar-refractivity contribution is -0.140. The number of aliphatic hydroxyl groups excluding tert-OH is 1. The highest BCUT2D eigenvalue weighted by Gasteiger charge is 2.20. The first-order valence-electron chi connectivity index (χ1n) is 5.79. The molecule has 7 heteroatoms. The van der Waals surface area contributed by atoms with Crippen LogP contribution in [0.2, 0.25) is 0 Å². The Kier molecular flexibility index (Phi) is 3.81. The van der Waals surface area contributed by atoms with Crippen molar-refractivity contribution < 1.29 is 19.8 Å². The van der Waals surface area contributed by atoms with Gasteiger partial charge in [0.05, 0.1) is 6.61 Å². The topological polar surface area (TPSA) is 119 Å². The lowest BCUT2D eigenvalue weighted by Crippen LogP contribution is -2.43. The minimum atomic E-state index is -1.42. The average molecular weight is 276 g/mol. The molecule has 2 aromatic rings. The van der Waals surface area contributed by atoms with E-state index >= 15 is 0 Å². The molecule has 104 valence electrons. The number of rotatable bonds is 4. The molecule has 0 unspecified atom stereocenters. The molecule has 1 atom stereocenters. The largest absolute Gasteiger partial charge is 0.480 e. The molecule has 2 rings (SSSR count). The summed E-state index contributed by atoms with van der Waals surface area (Å²) in [4.78, 5) is 36.8. The highest BCUT2D eigenvalue weighted by molar-refractivity contribution is 5.98. The molecule has 4 N–H and O–H groups in total. The second-order valence-corrected chi connectivity index (χ2v) is 4.15. The lowest BCUT2D eigenvalue weighted by Gasteiger charge is -2.11. The Morgan fingerprint density at radius 3 is 2.65 bits per heavy atom. The highest BCUT2D eigenvalue weighted by Crippen LogP contribution is 2.09. The number of nitrogens with one attached hydrogen (secondary N) is 2. The van der Waals surface area contributed by atoms with Gasteiger partial charge in [0.2, 0.25) is 0 Å². The van der Waals surface area contributed by atoms with Crippen molar-refractivity contribution in [2.24, 2.45) is 0 Å². The van der Waals surface area contributed by atoms with E-state index < -0.39 is 30.1 Å². The van der Waals surface area contributed by atoms with E-state index in [1.165, 1.54) is 6.07 Å². The number of aromatic nitrogens is 1. The molecule has 0 saturated heterocycles. The average Bonchev–Trinajstić information content (AvgIpc) is 2.44. The van der Waals surface area contributed by atoms with Crippen molar-refractivity contribution in [1.29, 1.82) is 0 Å². The van der Waals surface area contributed by atoms with Crippen LogP contribution in [0.3, 0.4) is 0 Å². The van der Waals surface area contributed by atoms with Crippen LogP contribution in [-0.4, -0.2) is 39.7 Å². The third kappa shape index (κ3) is 2.67. The number of aliphatic hydroxyl groups is 1. The van der Waals surface area contributed by atoms with Crippen molar-refractivity contribution in [1.82, 2.24) is 10.3 Å². The molecule has 0 aliphatic carbocycles. The van der Waals surface area contributed by atoms with Gasteiger partial charge in [0, 0.05) is 5.39 Å². The standard InChI is InChI=1S/C13H12N2O5/c16-6-10(13(19)20)15-12(18)9-5-7-3-1-2-4-8(7)11(17)14-9/h1-5,10,16H,6H2,(H,14,17)(H,15,18)(H,19,20)/t10-/m0/s1. The molecule has 1 heterocycles. The Balaban J connectivity index is 2.36. The first-order chi connectivity index (χ1) is 9.52. The van der Waals surface area contributed by atoms with Crippen molar-refractivity contribution in [2.45, 2.75) is 6.04 Å². The fraction of sp³-hybridized carbons (Fsp3) is 0.154. The maximum Gasteiger partial charge on any atom is 0.328 e. The number of carboxylic acids is 1. The summed E-state index contributed by atoms with van der Waals surface area (Å²) in [5.41, 5.74) is -0.502. The molecule has 20 heavy (non-hydrogen) atoms. The fourth-order valence-electron chi connectivity index (χ4n) is 1.75. The summed E-state index contributed by atoms with van der Waals surface area (Å²) in [7, 11) is 0. The van der Waals surface area contributed by atoms with E-state index in [-0.39, 0.29) is 5.69 Å². The number of fused-ring (bicyclic) bond motifs is 1. The van der Waals surface area contributed by atoms with Gasteiger partial charge in [-0.05, 0) is 17.5 Å². The Bertz CT molecular complexity index is 722. The molecule has 0 bridgehead atoms. The summed E-state index contributed by atoms with van der Waals surface area (Å²) in [5.74, 6) is -2.13. The van der Waals surface area contributed by atoms with Crippen LogP contribution in [0, 0.1) is 0 Å². The van der Waals surface area contributed by atoms with E-state index in [2.05, 4.69) is 10.3 Å². The van der Waals surface area contributed by atoms with Gasteiger partial charge in [-0.1, -0.05) is 18.2 Å². The first kappa shape index (κ1) is 13.8. The van der Waals surface area contributed by atoms with Crippen LogP contribution in [0.25, 0.3) is 10.8 Å². The van der Waals surface area contributed by atoms with Crippen molar-refractivity contribution in [3.05, 3.63) is 46.4 Å². The smallest absolute Gasteiger partial charge is 0.328 e. The van der Waals surface area contributed by atoms with Gasteiger partial charge in [-0.15, -0.1) is 0 Å². The molecule has 1 aromatic heterocycles. The van der Waals surface area contributed by atoms with Gasteiger partial charge in [0.15, 0.2) is 6.04 Å². The molecule has 0 saturated carbocycles. The molecule has 0 spiro atoms. The number of benzene rings is 1. The van der Waals surface area contributed by atoms with E-state index in [0.29, 0.717) is 10.8 Å². The Hall–Kier alpha value is -2.67. The molecular weight excluding hydrogens is 264 g/mol. The number of hydrogen-bond acceptors (Lipinski definition) is 4. The summed E-state index contributed by atoms with van der Waals surface area (Å²) in [6.45, 7) is -0.737. The van der Waals surface area contributed by atoms with Crippen LogP contribution in [-0.2, 0) is 4.79 Å². The lowest BCUT2D eigenvalue weighted by atomic mass is 10.1. The summed E-state index contributed by atoms with van der Waals surface area (Å²) in [6, 6.07) is 6.73. The minimum Gasteiger partial charge on any atom is -0.480 e. The van der Waals surface area contributed by atoms with Gasteiger partial charge in [-0.25, -0.2) is 4.79 Å². The van der Waals surface area contributed by atoms with Crippen molar-refractivity contribution in [3.63, 3.8) is 0 Å². The van der Waals surface area contributed by atoms with E-state index in [1.807, 2.05) is 0 Å². The van der Waals surface area contributed by atoms with E-state index in [9.17, 15) is 14.4 Å². The maximum absolute atomic E-state index is 11.9. The molecule has 0 fully saturated rings. The zero-order valence-electron chi connectivity index (χ0n) is 10.3. The summed E-state index contributed by atoms with van der Waals surface area (Å²) >= 11 is 0. The predicted molar refractivity (Wildman–Crippen MR) is 70.5 cm³/mol. The fourth-order valence-corrected chi connectivity index (χ4v) is 1.75. The van der Waals surface area contributed by atoms with Crippen molar-refractivity contribution >= 4 is 22.6 Å². The van der Waals surface area contributed by atoms with Gasteiger partial charge >= 0.3 is 5.97 Å². The molecule has 1 aromatic carbocycles. The maximum atomic E-state index is 11.9. The van der Waals surface area contributed by atoms with E-state index in [4.69, 9.17) is 10.2 Å². The number of carbonyl (C=O) groups excluding carboxylic acids is 1. The number of carbonyl (C=O) groups is 2. The normalized spacial score (nSPS) is 12.1. The number of H-pyrrole nitrogens is 1. The van der Waals surface area contributed by atoms with Crippen LogP contribution in [0.5, 0.6) is 0 Å². The zero-order valence-corrected chi connectivity index (χ0v) is 10.3. The van der Waals surface area contributed by atoms with Crippen LogP contribution in [0.15, 0.2) is 35.1 Å². The van der Waals surface area contributed by atoms with Gasteiger partial charge in [0.1, 0.15) is 5.69 Å². The molecule has 7 nitrogen and oxygen atoms in total. The second kappa shape index (κ2) is 5.54. The van der Waals surface area contributed by atoms with Crippen molar-refractivity contribution in [2.75, 3.05) is 6.61 Å². The second-order valence-electron chi connectivity index (χ2n) is 4.15. The van der Waals surface area contributed by atoms with Crippen LogP contribution in [0.4, 0.5) is 0 Å². The number of carboxylic acid groups (broad SMARTS) is 1. The van der Waals surface area contributed by atoms with Crippen LogP contribution >= 0.6 is 0 Å². The zero-order chi connectivity index (χ0) is 14.7. The number of aliphatic carboxylic acids is 1. The third-order valence-electron chi connectivity index (χ3n) is 2.78. The summed E-state index contributed by atoms with van der Waals surface area (Å²) in [6.07, 6.45) is 0. The molecular formula is C13H12N2O5. The van der Waals surface area contributed by atoms with E-state index in [0.717, 1.165) is 0 Å². The van der Waals surface area contributed by atoms with Gasteiger partial charge in [-0.2, -0.15) is 0 Å². The number of amides is 1. The minimum absolute atomic E-state index is 0.0617. The Morgan fingerprint density at radius 1 is 1.30 bits per heavy atom. The SMILES string of the molecule is O=C(N[C@@H](CO)C(=O)O)c1cc2ccccc2c(=O)[nH]1. The molecule has 0 aliphatic heterocycles. The Morgan fingerprint density at radius 2 is 2.00 bits per heavy atom. The molecule has 0 radical (unpaired) electrons. The monoisotopic (exact) mass is 276 g/mol. The molecule has 0 aliphatic rings. The predicted octanol–water partition coefficient (Wildman–Crippen LogP) is -0.297. The van der Waals surface area contributed by atoms with Gasteiger partial charge < -0.3 is 20.5 Å². The number of aromatic amines is 1. The van der Waals surface area contributed by atoms with E-state index in [1.54, 1.807) is 24.3 Å².